The average Bonchev–Trinajstić information content (AvgIpc) is 2.28. The molecule has 5 nitrogen and oxygen atoms in total. The van der Waals surface area contributed by atoms with Crippen LogP contribution in [0.1, 0.15) is 17.9 Å². The summed E-state index contributed by atoms with van der Waals surface area (Å²) in [6.07, 6.45) is 0.0259. The SMILES string of the molecule is COC(=O)CC(C[N+](=O)[O-])c1ccc(I)cc1. The monoisotopic (exact) mass is 349 g/mol. The van der Waals surface area contributed by atoms with E-state index in [9.17, 15) is 14.9 Å². The minimum absolute atomic E-state index is 0.0259. The maximum absolute atomic E-state index is 11.2. The van der Waals surface area contributed by atoms with Gasteiger partial charge in [-0.3, -0.25) is 14.9 Å². The zero-order valence-electron chi connectivity index (χ0n) is 9.26. The molecule has 0 radical (unpaired) electrons. The van der Waals surface area contributed by atoms with Gasteiger partial charge in [0.1, 0.15) is 0 Å². The summed E-state index contributed by atoms with van der Waals surface area (Å²) in [5, 5.41) is 10.6. The normalized spacial score (nSPS) is 11.9. The van der Waals surface area contributed by atoms with E-state index in [-0.39, 0.29) is 13.0 Å². The first-order chi connectivity index (χ1) is 8.02. The minimum Gasteiger partial charge on any atom is -0.469 e. The number of rotatable bonds is 5. The molecule has 1 atom stereocenters. The molecule has 17 heavy (non-hydrogen) atoms. The van der Waals surface area contributed by atoms with Gasteiger partial charge in [-0.1, -0.05) is 12.1 Å². The topological polar surface area (TPSA) is 69.4 Å². The van der Waals surface area contributed by atoms with Crippen LogP contribution < -0.4 is 0 Å². The molecule has 1 aromatic rings. The molecule has 1 unspecified atom stereocenters. The van der Waals surface area contributed by atoms with E-state index in [1.165, 1.54) is 7.11 Å². The predicted octanol–water partition coefficient (Wildman–Crippen LogP) is 2.21. The highest BCUT2D eigenvalue weighted by Crippen LogP contribution is 2.21. The van der Waals surface area contributed by atoms with Gasteiger partial charge in [0.15, 0.2) is 0 Å². The van der Waals surface area contributed by atoms with Crippen molar-refractivity contribution in [1.82, 2.24) is 0 Å². The highest BCUT2D eigenvalue weighted by atomic mass is 127. The third-order valence-electron chi connectivity index (χ3n) is 2.35. The predicted molar refractivity (Wildman–Crippen MR) is 70.4 cm³/mol. The second-order valence-electron chi connectivity index (χ2n) is 3.54. The van der Waals surface area contributed by atoms with Crippen LogP contribution in [0.15, 0.2) is 24.3 Å². The molecule has 0 aliphatic rings. The van der Waals surface area contributed by atoms with Crippen LogP contribution in [-0.2, 0) is 9.53 Å². The number of carbonyl (C=O) groups excluding carboxylic acids is 1. The number of methoxy groups -OCH3 is 1. The minimum atomic E-state index is -0.436. The summed E-state index contributed by atoms with van der Waals surface area (Å²) in [6.45, 7) is -0.268. The standard InChI is InChI=1S/C11H12INO4/c1-17-11(14)6-9(7-13(15)16)8-2-4-10(12)5-3-8/h2-5,9H,6-7H2,1H3. The molecular formula is C11H12INO4. The number of halogens is 1. The fourth-order valence-electron chi connectivity index (χ4n) is 1.49. The van der Waals surface area contributed by atoms with Gasteiger partial charge in [0.25, 0.3) is 0 Å². The fraction of sp³-hybridized carbons (Fsp3) is 0.364. The Morgan fingerprint density at radius 2 is 2.06 bits per heavy atom. The van der Waals surface area contributed by atoms with Crippen molar-refractivity contribution in [2.75, 3.05) is 13.7 Å². The lowest BCUT2D eigenvalue weighted by Gasteiger charge is -2.11. The molecule has 0 amide bonds. The maximum atomic E-state index is 11.2. The summed E-state index contributed by atoms with van der Waals surface area (Å²) in [6, 6.07) is 7.33. The van der Waals surface area contributed by atoms with Gasteiger partial charge >= 0.3 is 5.97 Å². The molecule has 0 saturated carbocycles. The first-order valence-corrected chi connectivity index (χ1v) is 6.05. The molecule has 0 aromatic heterocycles. The number of benzene rings is 1. The van der Waals surface area contributed by atoms with Gasteiger partial charge < -0.3 is 4.74 Å². The Balaban J connectivity index is 2.85. The zero-order chi connectivity index (χ0) is 12.8. The van der Waals surface area contributed by atoms with E-state index in [1.54, 1.807) is 12.1 Å². The van der Waals surface area contributed by atoms with Crippen LogP contribution in [-0.4, -0.2) is 24.5 Å². The Labute approximate surface area is 112 Å². The Morgan fingerprint density at radius 1 is 1.47 bits per heavy atom. The van der Waals surface area contributed by atoms with Crippen molar-refractivity contribution in [2.24, 2.45) is 0 Å². The summed E-state index contributed by atoms with van der Waals surface area (Å²) in [5.41, 5.74) is 0.785. The van der Waals surface area contributed by atoms with Crippen LogP contribution in [0, 0.1) is 13.7 Å². The zero-order valence-corrected chi connectivity index (χ0v) is 11.4. The van der Waals surface area contributed by atoms with Gasteiger partial charge in [-0.05, 0) is 40.3 Å². The summed E-state index contributed by atoms with van der Waals surface area (Å²) in [7, 11) is 1.28. The van der Waals surface area contributed by atoms with Gasteiger partial charge in [-0.25, -0.2) is 0 Å². The van der Waals surface area contributed by atoms with E-state index in [1.807, 2.05) is 12.1 Å². The number of hydrogen-bond acceptors (Lipinski definition) is 4. The maximum Gasteiger partial charge on any atom is 0.306 e. The van der Waals surface area contributed by atoms with Crippen molar-refractivity contribution in [1.29, 1.82) is 0 Å². The lowest BCUT2D eigenvalue weighted by Crippen LogP contribution is -2.17. The number of esters is 1. The molecule has 0 heterocycles. The molecular weight excluding hydrogens is 337 g/mol. The molecule has 1 rings (SSSR count). The lowest BCUT2D eigenvalue weighted by atomic mass is 9.96. The van der Waals surface area contributed by atoms with Crippen LogP contribution in [0.5, 0.6) is 0 Å². The molecule has 0 saturated heterocycles. The van der Waals surface area contributed by atoms with Crippen LogP contribution >= 0.6 is 22.6 Å². The molecule has 0 N–H and O–H groups in total. The molecule has 0 spiro atoms. The van der Waals surface area contributed by atoms with Crippen molar-refractivity contribution in [2.45, 2.75) is 12.3 Å². The smallest absolute Gasteiger partial charge is 0.306 e. The Bertz CT molecular complexity index is 404. The van der Waals surface area contributed by atoms with Gasteiger partial charge in [0, 0.05) is 8.49 Å². The molecule has 92 valence electrons. The Morgan fingerprint density at radius 3 is 2.53 bits per heavy atom. The molecule has 0 aliphatic carbocycles. The van der Waals surface area contributed by atoms with Gasteiger partial charge in [0.2, 0.25) is 6.54 Å². The van der Waals surface area contributed by atoms with Crippen LogP contribution in [0.3, 0.4) is 0 Å². The van der Waals surface area contributed by atoms with E-state index < -0.39 is 16.8 Å². The fourth-order valence-corrected chi connectivity index (χ4v) is 1.85. The van der Waals surface area contributed by atoms with Crippen LogP contribution in [0.2, 0.25) is 0 Å². The third-order valence-corrected chi connectivity index (χ3v) is 3.07. The Hall–Kier alpha value is -1.18. The molecule has 1 aromatic carbocycles. The van der Waals surface area contributed by atoms with Crippen molar-refractivity contribution in [3.05, 3.63) is 43.5 Å². The van der Waals surface area contributed by atoms with Crippen LogP contribution in [0.25, 0.3) is 0 Å². The largest absolute Gasteiger partial charge is 0.469 e. The summed E-state index contributed by atoms with van der Waals surface area (Å²) < 4.78 is 5.59. The van der Waals surface area contributed by atoms with E-state index in [4.69, 9.17) is 0 Å². The second-order valence-corrected chi connectivity index (χ2v) is 4.79. The third kappa shape index (κ3) is 4.68. The lowest BCUT2D eigenvalue weighted by molar-refractivity contribution is -0.483. The van der Waals surface area contributed by atoms with Crippen molar-refractivity contribution >= 4 is 28.6 Å². The van der Waals surface area contributed by atoms with Gasteiger partial charge in [0.05, 0.1) is 19.4 Å². The second kappa shape index (κ2) is 6.53. The average molecular weight is 349 g/mol. The summed E-state index contributed by atoms with van der Waals surface area (Å²) in [5.74, 6) is -0.871. The van der Waals surface area contributed by atoms with Crippen molar-refractivity contribution < 1.29 is 14.5 Å². The number of nitro groups is 1. The molecule has 0 fully saturated rings. The van der Waals surface area contributed by atoms with E-state index in [2.05, 4.69) is 27.3 Å². The van der Waals surface area contributed by atoms with Crippen LogP contribution in [0.4, 0.5) is 0 Å². The summed E-state index contributed by atoms with van der Waals surface area (Å²) in [4.78, 5) is 21.4. The molecule has 0 aliphatic heterocycles. The van der Waals surface area contributed by atoms with E-state index in [0.29, 0.717) is 0 Å². The van der Waals surface area contributed by atoms with Crippen molar-refractivity contribution in [3.63, 3.8) is 0 Å². The highest BCUT2D eigenvalue weighted by Gasteiger charge is 2.21. The quantitative estimate of drug-likeness (QED) is 0.354. The summed E-state index contributed by atoms with van der Waals surface area (Å²) >= 11 is 2.15. The molecule has 0 bridgehead atoms. The number of ether oxygens (including phenoxy) is 1. The van der Waals surface area contributed by atoms with Gasteiger partial charge in [-0.15, -0.1) is 0 Å². The Kier molecular flexibility index (Phi) is 5.33. The highest BCUT2D eigenvalue weighted by molar-refractivity contribution is 14.1. The number of hydrogen-bond donors (Lipinski definition) is 0. The molecule has 6 heteroatoms. The van der Waals surface area contributed by atoms with Gasteiger partial charge in [-0.2, -0.15) is 0 Å². The first kappa shape index (κ1) is 13.9. The van der Waals surface area contributed by atoms with E-state index in [0.717, 1.165) is 9.13 Å². The van der Waals surface area contributed by atoms with Crippen molar-refractivity contribution in [3.8, 4) is 0 Å². The number of nitrogens with zero attached hydrogens (tertiary/aromatic N) is 1. The number of carbonyl (C=O) groups is 1. The first-order valence-electron chi connectivity index (χ1n) is 4.97. The van der Waals surface area contributed by atoms with E-state index >= 15 is 0 Å².